The Morgan fingerprint density at radius 1 is 0.622 bits per heavy atom. The SMILES string of the molecule is CC(C)c1ccc(S(=O)(=O)N2CCC(CN3C(=O)C(c4ccccc4)(c4ccccc4)N=C3N)CC2)cc1.CN1C(=O)C[C@@](C)(C2CCC[N+]([O-])(c3cc(Br)ccn3)C2)N=C1N.COc1cccc(-c2csc([C@]3(C)CC(=O)N(C)C(N)=N3)c2C)c1.Cc1cc(F)ccc1[C@@]1(C)N=C(N)N(C)C(=O)[C@H]1c1ccc(C(C)(F)F)cc1.NC1=NC(c2ccccc2)(c2ccccc2)C(=O)N1CCCCNC(=O)Nc1cccc(F)c1. The number of benzene rings is 9. The van der Waals surface area contributed by atoms with Gasteiger partial charge in [0, 0.05) is 99.6 Å². The highest BCUT2D eigenvalue weighted by atomic mass is 79.9. The fourth-order valence-corrected chi connectivity index (χ4v) is 22.9. The first-order chi connectivity index (χ1) is 70.3. The summed E-state index contributed by atoms with van der Waals surface area (Å²) in [6, 6.07) is 71.7. The number of alkyl halides is 2. The van der Waals surface area contributed by atoms with Gasteiger partial charge < -0.3 is 53.9 Å². The van der Waals surface area contributed by atoms with Crippen LogP contribution in [0.15, 0.2) is 295 Å². The molecule has 11 aromatic rings. The van der Waals surface area contributed by atoms with E-state index in [1.54, 1.807) is 98.2 Å². The number of aliphatic imine (C=N–C) groups is 5. The number of carbonyl (C=O) groups is 6. The number of rotatable bonds is 23. The molecule has 30 nitrogen and oxygen atoms in total. The molecule has 2 fully saturated rings. The lowest BCUT2D eigenvalue weighted by Crippen LogP contribution is -2.58. The number of hydrogen-bond acceptors (Lipinski definition) is 22. The number of quaternary nitrogens is 1. The van der Waals surface area contributed by atoms with Gasteiger partial charge in [-0.25, -0.2) is 60.7 Å². The molecule has 6 atom stereocenters. The second-order valence-electron chi connectivity index (χ2n) is 38.9. The minimum absolute atomic E-state index is 0.0132. The van der Waals surface area contributed by atoms with Gasteiger partial charge >= 0.3 is 6.03 Å². The van der Waals surface area contributed by atoms with E-state index in [1.165, 1.54) is 81.2 Å². The molecule has 7 aliphatic heterocycles. The van der Waals surface area contributed by atoms with E-state index in [0.29, 0.717) is 117 Å². The Kier molecular flexibility index (Phi) is 33.6. The molecule has 9 aromatic carbocycles. The Morgan fingerprint density at radius 2 is 1.17 bits per heavy atom. The number of hydroxylamine groups is 2. The summed E-state index contributed by atoms with van der Waals surface area (Å²) >= 11 is 5.02. The average Bonchev–Trinajstić information content (AvgIpc) is 1.52. The smallest absolute Gasteiger partial charge is 0.319 e. The van der Waals surface area contributed by atoms with Crippen molar-refractivity contribution in [2.45, 2.75) is 157 Å². The molecule has 776 valence electrons. The molecular weight excluding hydrogens is 1990 g/mol. The third kappa shape index (κ3) is 23.6. The summed E-state index contributed by atoms with van der Waals surface area (Å²) < 4.78 is 87.7. The number of piperidine rings is 2. The van der Waals surface area contributed by atoms with Crippen molar-refractivity contribution in [3.63, 3.8) is 0 Å². The zero-order valence-electron chi connectivity index (χ0n) is 84.7. The topological polar surface area (TPSA) is 417 Å². The number of amides is 7. The number of sulfonamides is 1. The minimum atomic E-state index is -3.56. The van der Waals surface area contributed by atoms with Crippen molar-refractivity contribution in [1.82, 2.24) is 43.8 Å². The van der Waals surface area contributed by atoms with E-state index in [1.807, 2.05) is 166 Å². The lowest BCUT2D eigenvalue weighted by Gasteiger charge is -2.50. The Balaban J connectivity index is 0.000000148. The number of aromatic nitrogens is 1. The van der Waals surface area contributed by atoms with Gasteiger partial charge in [-0.2, -0.15) is 4.31 Å². The van der Waals surface area contributed by atoms with Gasteiger partial charge in [0.25, 0.3) is 17.7 Å². The number of hydrogen-bond donors (Lipinski definition) is 7. The molecule has 12 N–H and O–H groups in total. The van der Waals surface area contributed by atoms with E-state index in [4.69, 9.17) is 38.4 Å². The standard InChI is InChI=1S/C30H34N4O3S.C26H26FN5O2.C21H22F3N3O.C18H21N3O2S.C16H22BrN5O2/c1-22(2)24-13-15-27(16-14-24)38(36,37)33-19-17-23(18-20-33)21-34-28(35)30(32-29(34)31,25-9-5-3-6-10-25)26-11-7-4-8-12-26;27-21-14-9-15-22(18-21)30-25(34)29-16-7-8-17-32-23(33)26(31-24(32)28,19-10-3-1-4-11-19)20-12-5-2-6-13-20;1-12-11-15(22)9-10-16(12)20(2)17(18(28)27(4)19(25)26-20)13-5-7-14(8-6-13)21(3,23)24;1-11-14(12-6-5-7-13(8-12)23-4)10-24-16(11)18(2)9-15(22)21(3)17(19)20-18;1-16(9-14(23)21(2)15(18)20-16)11-4-3-7-22(24,10-11)13-8-12(17)5-6-19-13/h3-16,22-23H,17-21H2,1-2H3,(H2,31,32);1-6,9-15,18H,7-8,16-17H2,(H2,28,31)(H2,29,30,34);5-11,17H,1-4H3,(H2,25,26);5-8,10H,9H2,1-4H3,(H2,19,20);5-6,8,11H,3-4,7,9-10H2,1-2H3,(H2,18,20)/t;;17-,20-;18-;11?,16-,22?/m..100/s1. The van der Waals surface area contributed by atoms with Crippen LogP contribution in [-0.4, -0.2) is 187 Å². The largest absolute Gasteiger partial charge is 0.626 e. The Bertz CT molecular complexity index is 6890. The monoisotopic (exact) mass is 2120 g/mol. The molecule has 0 bridgehead atoms. The zero-order valence-corrected chi connectivity index (χ0v) is 88.0. The number of thiophene rings is 1. The average molecular weight is 2120 g/mol. The van der Waals surface area contributed by atoms with Crippen molar-refractivity contribution in [3.8, 4) is 16.9 Å². The second kappa shape index (κ2) is 45.5. The number of urea groups is 1. The van der Waals surface area contributed by atoms with Crippen molar-refractivity contribution in [1.29, 1.82) is 0 Å². The Labute approximate surface area is 872 Å². The van der Waals surface area contributed by atoms with Crippen LogP contribution in [0.3, 0.4) is 0 Å². The van der Waals surface area contributed by atoms with Crippen LogP contribution in [0.25, 0.3) is 11.1 Å². The number of likely N-dealkylation sites (N-methyl/N-ethyl adjacent to an activating group) is 1. The van der Waals surface area contributed by atoms with E-state index in [0.717, 1.165) is 79.4 Å². The fraction of sp³-hybridized carbons (Fsp3) is 0.333. The maximum absolute atomic E-state index is 14.0. The number of nitrogens with zero attached hydrogens (tertiary/aromatic N) is 13. The van der Waals surface area contributed by atoms with Gasteiger partial charge in [0.05, 0.1) is 49.4 Å². The third-order valence-electron chi connectivity index (χ3n) is 28.4. The number of anilines is 1. The summed E-state index contributed by atoms with van der Waals surface area (Å²) in [5.74, 6) is -2.67. The van der Waals surface area contributed by atoms with Gasteiger partial charge in [0.1, 0.15) is 28.5 Å². The molecule has 148 heavy (non-hydrogen) atoms. The molecule has 0 spiro atoms. The van der Waals surface area contributed by atoms with Crippen molar-refractivity contribution in [3.05, 3.63) is 342 Å². The molecule has 0 aliphatic carbocycles. The van der Waals surface area contributed by atoms with E-state index in [-0.39, 0.29) is 83.2 Å². The number of halogens is 5. The predicted octanol–water partition coefficient (Wildman–Crippen LogP) is 17.3. The molecule has 0 radical (unpaired) electrons. The van der Waals surface area contributed by atoms with Crippen LogP contribution in [0, 0.1) is 42.5 Å². The maximum atomic E-state index is 14.0. The Morgan fingerprint density at radius 3 is 1.71 bits per heavy atom. The molecule has 18 rings (SSSR count). The number of nitrogens with two attached hydrogens (primary N) is 5. The van der Waals surface area contributed by atoms with E-state index in [9.17, 15) is 60.0 Å². The number of methoxy groups -OCH3 is 1. The van der Waals surface area contributed by atoms with Crippen molar-refractivity contribution >= 4 is 114 Å². The summed E-state index contributed by atoms with van der Waals surface area (Å²) in [5.41, 5.74) is 35.2. The lowest BCUT2D eigenvalue weighted by molar-refractivity contribution is -0.131. The molecule has 7 amide bonds. The quantitative estimate of drug-likeness (QED) is 0.0135. The van der Waals surface area contributed by atoms with Crippen LogP contribution in [0.2, 0.25) is 0 Å². The number of nitrogens with one attached hydrogen (secondary N) is 2. The highest BCUT2D eigenvalue weighted by Crippen LogP contribution is 2.49. The van der Waals surface area contributed by atoms with Crippen molar-refractivity contribution in [2.75, 3.05) is 79.4 Å². The number of pyridine rings is 1. The number of carbonyl (C=O) groups excluding carboxylic acids is 6. The summed E-state index contributed by atoms with van der Waals surface area (Å²) in [7, 11) is 2.89. The zero-order chi connectivity index (χ0) is 107. The van der Waals surface area contributed by atoms with Crippen LogP contribution in [0.5, 0.6) is 5.75 Å². The normalized spacial score (nSPS) is 21.4. The molecule has 7 aliphatic rings. The van der Waals surface area contributed by atoms with Gasteiger partial charge in [-0.1, -0.05) is 212 Å². The number of ether oxygens (including phenoxy) is 1. The highest BCUT2D eigenvalue weighted by molar-refractivity contribution is 9.10. The van der Waals surface area contributed by atoms with Crippen LogP contribution in [0.1, 0.15) is 165 Å². The predicted molar refractivity (Wildman–Crippen MR) is 575 cm³/mol. The second-order valence-corrected chi connectivity index (χ2v) is 42.7. The van der Waals surface area contributed by atoms with Crippen LogP contribution < -0.4 is 48.7 Å². The molecule has 2 aromatic heterocycles. The van der Waals surface area contributed by atoms with Crippen LogP contribution in [-0.2, 0) is 62.1 Å². The molecule has 0 saturated carbocycles. The summed E-state index contributed by atoms with van der Waals surface area (Å²) in [4.78, 5) is 113. The van der Waals surface area contributed by atoms with Gasteiger partial charge in [-0.15, -0.1) is 11.3 Å². The summed E-state index contributed by atoms with van der Waals surface area (Å²) in [6.45, 7) is 17.3. The number of aryl methyl sites for hydroxylation is 1. The van der Waals surface area contributed by atoms with E-state index < -0.39 is 71.9 Å². The molecule has 2 saturated heterocycles. The highest BCUT2D eigenvalue weighted by Gasteiger charge is 2.54. The number of unbranched alkanes of at least 4 members (excludes halogenated alkanes) is 1. The van der Waals surface area contributed by atoms with E-state index >= 15 is 0 Å². The Hall–Kier alpha value is -14.4. The first kappa shape index (κ1) is 109. The first-order valence-corrected chi connectivity index (χ1v) is 51.9. The molecule has 9 heterocycles. The first-order valence-electron chi connectivity index (χ1n) is 48.8. The van der Waals surface area contributed by atoms with Gasteiger partial charge in [-0.05, 0) is 212 Å². The number of guanidine groups is 5. The van der Waals surface area contributed by atoms with Crippen molar-refractivity contribution < 1.29 is 59.5 Å². The van der Waals surface area contributed by atoms with Crippen molar-refractivity contribution in [2.24, 2.45) is 65.5 Å². The van der Waals surface area contributed by atoms with E-state index in [2.05, 4.69) is 83.7 Å². The molecule has 37 heteroatoms. The maximum Gasteiger partial charge on any atom is 0.319 e. The fourth-order valence-electron chi connectivity index (χ4n) is 19.9. The summed E-state index contributed by atoms with van der Waals surface area (Å²) in [5, 5.41) is 20.8. The molecule has 2 unspecified atom stereocenters. The summed E-state index contributed by atoms with van der Waals surface area (Å²) in [6.07, 6.45) is 6.40. The van der Waals surface area contributed by atoms with Gasteiger partial charge in [-0.3, -0.25) is 48.5 Å². The van der Waals surface area contributed by atoms with Crippen LogP contribution in [0.4, 0.5) is 33.9 Å². The molecular formula is C111H125BrF4N20O10S2. The van der Waals surface area contributed by atoms with Gasteiger partial charge in [0.15, 0.2) is 40.9 Å². The van der Waals surface area contributed by atoms with Gasteiger partial charge in [0.2, 0.25) is 33.6 Å². The third-order valence-corrected chi connectivity index (χ3v) is 32.1. The van der Waals surface area contributed by atoms with Crippen LogP contribution >= 0.6 is 27.3 Å². The lowest BCUT2D eigenvalue weighted by atomic mass is 9.73. The minimum Gasteiger partial charge on any atom is -0.626 e.